The molecule has 6 heteroatoms. The van der Waals surface area contributed by atoms with Crippen LogP contribution in [0.15, 0.2) is 45.3 Å². The van der Waals surface area contributed by atoms with Gasteiger partial charge < -0.3 is 0 Å². The molecule has 2 aromatic carbocycles. The molecule has 0 bridgehead atoms. The molecule has 0 amide bonds. The third kappa shape index (κ3) is 2.87. The van der Waals surface area contributed by atoms with Crippen molar-refractivity contribution in [2.24, 2.45) is 0 Å². The Balaban J connectivity index is 2.33. The van der Waals surface area contributed by atoms with Crippen LogP contribution >= 0.6 is 43.5 Å². The predicted molar refractivity (Wildman–Crippen MR) is 90.9 cm³/mol. The second-order valence-electron chi connectivity index (χ2n) is 4.53. The molecule has 1 heterocycles. The Bertz CT molecular complexity index is 817. The first-order chi connectivity index (χ1) is 10.1. The lowest BCUT2D eigenvalue weighted by atomic mass is 10.2. The topological polar surface area (TPSA) is 17.8 Å². The summed E-state index contributed by atoms with van der Waals surface area (Å²) in [5.74, 6) is 0.977. The lowest BCUT2D eigenvalue weighted by molar-refractivity contribution is 0.626. The summed E-state index contributed by atoms with van der Waals surface area (Å²) >= 11 is 12.8. The van der Waals surface area contributed by atoms with Crippen LogP contribution in [0.1, 0.15) is 5.82 Å². The highest BCUT2D eigenvalue weighted by Crippen LogP contribution is 2.29. The molecule has 0 aliphatic heterocycles. The number of rotatable bonds is 3. The first-order valence-electron chi connectivity index (χ1n) is 6.28. The van der Waals surface area contributed by atoms with Gasteiger partial charge in [0.15, 0.2) is 0 Å². The summed E-state index contributed by atoms with van der Waals surface area (Å²) in [6.45, 7) is 0. The van der Waals surface area contributed by atoms with E-state index in [1.54, 1.807) is 6.07 Å². The van der Waals surface area contributed by atoms with E-state index in [1.807, 2.05) is 22.8 Å². The van der Waals surface area contributed by atoms with E-state index in [4.69, 9.17) is 11.6 Å². The molecule has 0 aliphatic carbocycles. The number of fused-ring (bicyclic) bond motifs is 1. The van der Waals surface area contributed by atoms with Crippen molar-refractivity contribution in [3.05, 3.63) is 57.0 Å². The van der Waals surface area contributed by atoms with Gasteiger partial charge in [-0.1, -0.05) is 15.9 Å². The number of aryl methyl sites for hydroxylation is 1. The quantitative estimate of drug-likeness (QED) is 0.502. The van der Waals surface area contributed by atoms with Crippen LogP contribution in [0.5, 0.6) is 0 Å². The average molecular weight is 433 g/mol. The summed E-state index contributed by atoms with van der Waals surface area (Å²) < 4.78 is 17.3. The third-order valence-corrected chi connectivity index (χ3v) is 4.51. The molecule has 108 valence electrons. The van der Waals surface area contributed by atoms with Crippen molar-refractivity contribution in [1.29, 1.82) is 0 Å². The van der Waals surface area contributed by atoms with E-state index in [0.717, 1.165) is 31.5 Å². The lowest BCUT2D eigenvalue weighted by Crippen LogP contribution is -2.03. The van der Waals surface area contributed by atoms with Crippen molar-refractivity contribution >= 4 is 54.5 Å². The third-order valence-electron chi connectivity index (χ3n) is 3.15. The summed E-state index contributed by atoms with van der Waals surface area (Å²) in [6.07, 6.45) is 0.608. The highest BCUT2D eigenvalue weighted by Gasteiger charge is 2.15. The van der Waals surface area contributed by atoms with Gasteiger partial charge in [0, 0.05) is 21.2 Å². The van der Waals surface area contributed by atoms with Crippen molar-refractivity contribution in [3.63, 3.8) is 0 Å². The number of hydrogen-bond donors (Lipinski definition) is 0. The summed E-state index contributed by atoms with van der Waals surface area (Å²) in [5, 5.41) is 0. The van der Waals surface area contributed by atoms with E-state index in [9.17, 15) is 4.39 Å². The Hall–Kier alpha value is -0.910. The fourth-order valence-corrected chi connectivity index (χ4v) is 3.22. The van der Waals surface area contributed by atoms with Gasteiger partial charge in [-0.05, 0) is 52.3 Å². The molecule has 0 spiro atoms. The molecule has 0 atom stereocenters. The molecule has 0 N–H and O–H groups in total. The zero-order valence-electron chi connectivity index (χ0n) is 10.8. The number of aromatic nitrogens is 2. The van der Waals surface area contributed by atoms with E-state index in [2.05, 4.69) is 36.8 Å². The maximum atomic E-state index is 13.6. The standard InChI is InChI=1S/C15H10Br2ClFN2/c16-9-1-4-13-12(7-9)20-15(5-6-18)21(13)14-8-10(19)2-3-11(14)17/h1-4,7-8H,5-6H2. The molecule has 21 heavy (non-hydrogen) atoms. The number of imidazole rings is 1. The second-order valence-corrected chi connectivity index (χ2v) is 6.68. The molecule has 0 fully saturated rings. The van der Waals surface area contributed by atoms with E-state index in [1.165, 1.54) is 12.1 Å². The lowest BCUT2D eigenvalue weighted by Gasteiger charge is -2.11. The smallest absolute Gasteiger partial charge is 0.125 e. The number of halogens is 4. The van der Waals surface area contributed by atoms with E-state index >= 15 is 0 Å². The Morgan fingerprint density at radius 2 is 1.95 bits per heavy atom. The molecule has 0 saturated heterocycles. The fraction of sp³-hybridized carbons (Fsp3) is 0.133. The molecule has 2 nitrogen and oxygen atoms in total. The van der Waals surface area contributed by atoms with Crippen LogP contribution in [0.3, 0.4) is 0 Å². The molecule has 0 aliphatic rings. The van der Waals surface area contributed by atoms with E-state index in [-0.39, 0.29) is 5.82 Å². The van der Waals surface area contributed by atoms with Crippen molar-refractivity contribution in [3.8, 4) is 5.69 Å². The van der Waals surface area contributed by atoms with Crippen LogP contribution in [0.4, 0.5) is 4.39 Å². The second kappa shape index (κ2) is 6.07. The van der Waals surface area contributed by atoms with Gasteiger partial charge in [-0.25, -0.2) is 9.37 Å². The normalized spacial score (nSPS) is 11.2. The maximum absolute atomic E-state index is 13.6. The van der Waals surface area contributed by atoms with Crippen LogP contribution < -0.4 is 0 Å². The van der Waals surface area contributed by atoms with Gasteiger partial charge in [-0.15, -0.1) is 11.6 Å². The van der Waals surface area contributed by atoms with Gasteiger partial charge >= 0.3 is 0 Å². The highest BCUT2D eigenvalue weighted by atomic mass is 79.9. The predicted octanol–water partition coefficient (Wildman–Crippen LogP) is 5.47. The van der Waals surface area contributed by atoms with Crippen LogP contribution in [-0.2, 0) is 6.42 Å². The first kappa shape index (κ1) is 15.0. The largest absolute Gasteiger partial charge is 0.295 e. The van der Waals surface area contributed by atoms with Gasteiger partial charge in [0.25, 0.3) is 0 Å². The molecule has 0 saturated carbocycles. The zero-order chi connectivity index (χ0) is 15.0. The monoisotopic (exact) mass is 430 g/mol. The SMILES string of the molecule is Fc1ccc(Br)c(-n2c(CCCl)nc3cc(Br)ccc32)c1. The minimum atomic E-state index is -0.288. The average Bonchev–Trinajstić information content (AvgIpc) is 2.79. The van der Waals surface area contributed by atoms with Gasteiger partial charge in [-0.2, -0.15) is 0 Å². The van der Waals surface area contributed by atoms with Crippen molar-refractivity contribution in [2.45, 2.75) is 6.42 Å². The van der Waals surface area contributed by atoms with Gasteiger partial charge in [0.05, 0.1) is 16.7 Å². The Kier molecular flexibility index (Phi) is 4.33. The Morgan fingerprint density at radius 3 is 2.71 bits per heavy atom. The molecular formula is C15H10Br2ClFN2. The Labute approximate surface area is 143 Å². The zero-order valence-corrected chi connectivity index (χ0v) is 14.7. The van der Waals surface area contributed by atoms with E-state index in [0.29, 0.717) is 12.3 Å². The van der Waals surface area contributed by atoms with Crippen LogP contribution in [0.25, 0.3) is 16.7 Å². The molecular weight excluding hydrogens is 422 g/mol. The summed E-state index contributed by atoms with van der Waals surface area (Å²) in [4.78, 5) is 4.62. The summed E-state index contributed by atoms with van der Waals surface area (Å²) in [6, 6.07) is 10.5. The van der Waals surface area contributed by atoms with Gasteiger partial charge in [0.1, 0.15) is 11.6 Å². The molecule has 0 unspecified atom stereocenters. The molecule has 0 radical (unpaired) electrons. The van der Waals surface area contributed by atoms with Crippen LogP contribution in [0.2, 0.25) is 0 Å². The Morgan fingerprint density at radius 1 is 1.14 bits per heavy atom. The minimum absolute atomic E-state index is 0.288. The number of benzene rings is 2. The summed E-state index contributed by atoms with van der Waals surface area (Å²) in [7, 11) is 0. The van der Waals surface area contributed by atoms with Gasteiger partial charge in [-0.3, -0.25) is 4.57 Å². The first-order valence-corrected chi connectivity index (χ1v) is 8.40. The van der Waals surface area contributed by atoms with Crippen LogP contribution in [0, 0.1) is 5.82 Å². The highest BCUT2D eigenvalue weighted by molar-refractivity contribution is 9.10. The minimum Gasteiger partial charge on any atom is -0.295 e. The van der Waals surface area contributed by atoms with Crippen molar-refractivity contribution < 1.29 is 4.39 Å². The maximum Gasteiger partial charge on any atom is 0.125 e. The van der Waals surface area contributed by atoms with E-state index < -0.39 is 0 Å². The molecule has 1 aromatic heterocycles. The number of hydrogen-bond acceptors (Lipinski definition) is 1. The summed E-state index contributed by atoms with van der Waals surface area (Å²) in [5.41, 5.74) is 2.49. The van der Waals surface area contributed by atoms with Gasteiger partial charge in [0.2, 0.25) is 0 Å². The number of alkyl halides is 1. The van der Waals surface area contributed by atoms with Crippen molar-refractivity contribution in [1.82, 2.24) is 9.55 Å². The van der Waals surface area contributed by atoms with Crippen molar-refractivity contribution in [2.75, 3.05) is 5.88 Å². The fourth-order valence-electron chi connectivity index (χ4n) is 2.28. The molecule has 3 rings (SSSR count). The number of nitrogens with zero attached hydrogens (tertiary/aromatic N) is 2. The molecule has 3 aromatic rings. The van der Waals surface area contributed by atoms with Crippen LogP contribution in [-0.4, -0.2) is 15.4 Å².